The van der Waals surface area contributed by atoms with Crippen molar-refractivity contribution in [1.29, 1.82) is 0 Å². The van der Waals surface area contributed by atoms with Crippen LogP contribution in [0.25, 0.3) is 4.96 Å². The van der Waals surface area contributed by atoms with Gasteiger partial charge in [0.05, 0.1) is 31.6 Å². The zero-order valence-corrected chi connectivity index (χ0v) is 16.3. The molecule has 3 aromatic rings. The molecule has 1 saturated heterocycles. The number of ether oxygens (including phenoxy) is 2. The maximum atomic E-state index is 12.8. The summed E-state index contributed by atoms with van der Waals surface area (Å²) in [5.74, 6) is -1.28. The lowest BCUT2D eigenvalue weighted by molar-refractivity contribution is 0.0602. The molecule has 0 spiro atoms. The van der Waals surface area contributed by atoms with E-state index in [1.807, 2.05) is 4.90 Å². The molecule has 0 saturated carbocycles. The Morgan fingerprint density at radius 3 is 2.72 bits per heavy atom. The number of hydrogen-bond donors (Lipinski definition) is 1. The number of aromatic nitrogens is 3. The predicted octanol–water partition coefficient (Wildman–Crippen LogP) is 1.03. The van der Waals surface area contributed by atoms with Crippen molar-refractivity contribution < 1.29 is 19.1 Å². The molecule has 2 aromatic heterocycles. The Morgan fingerprint density at radius 2 is 1.97 bits per heavy atom. The highest BCUT2D eigenvalue weighted by Gasteiger charge is 2.21. The molecule has 29 heavy (non-hydrogen) atoms. The number of nitrogens with one attached hydrogen (secondary N) is 1. The molecule has 1 N–H and O–H groups in total. The number of nitrogens with zero attached hydrogens (tertiary/aromatic N) is 4. The third-order valence-corrected chi connectivity index (χ3v) is 5.37. The van der Waals surface area contributed by atoms with E-state index >= 15 is 0 Å². The molecule has 0 bridgehead atoms. The number of esters is 1. The summed E-state index contributed by atoms with van der Waals surface area (Å²) in [4.78, 5) is 44.0. The van der Waals surface area contributed by atoms with Gasteiger partial charge in [0.15, 0.2) is 0 Å². The number of methoxy groups -OCH3 is 1. The van der Waals surface area contributed by atoms with Crippen molar-refractivity contribution in [2.24, 2.45) is 0 Å². The Balaban J connectivity index is 1.64. The van der Waals surface area contributed by atoms with Crippen LogP contribution in [0.3, 0.4) is 0 Å². The SMILES string of the molecule is COC(=O)c1ccccc1NC(=O)c1cnc2sc(N3CCOCC3)nn2c1=O. The number of amides is 1. The van der Waals surface area contributed by atoms with Gasteiger partial charge in [0.1, 0.15) is 5.56 Å². The van der Waals surface area contributed by atoms with Crippen molar-refractivity contribution in [1.82, 2.24) is 14.6 Å². The van der Waals surface area contributed by atoms with Gasteiger partial charge in [0.2, 0.25) is 10.1 Å². The van der Waals surface area contributed by atoms with Crippen LogP contribution < -0.4 is 15.8 Å². The van der Waals surface area contributed by atoms with E-state index in [9.17, 15) is 14.4 Å². The van der Waals surface area contributed by atoms with Gasteiger partial charge < -0.3 is 19.7 Å². The number of para-hydroxylation sites is 1. The van der Waals surface area contributed by atoms with Crippen LogP contribution in [0.4, 0.5) is 10.8 Å². The van der Waals surface area contributed by atoms with Crippen LogP contribution in [0, 0.1) is 0 Å². The third-order valence-electron chi connectivity index (χ3n) is 4.38. The maximum Gasteiger partial charge on any atom is 0.339 e. The zero-order valence-electron chi connectivity index (χ0n) is 15.5. The normalized spacial score (nSPS) is 14.0. The number of morpholine rings is 1. The number of anilines is 2. The van der Waals surface area contributed by atoms with Gasteiger partial charge in [-0.3, -0.25) is 9.59 Å². The fraction of sp³-hybridized carbons (Fsp3) is 0.278. The van der Waals surface area contributed by atoms with Gasteiger partial charge in [-0.05, 0) is 12.1 Å². The standard InChI is InChI=1S/C18H17N5O5S/c1-27-16(26)11-4-2-3-5-13(11)20-14(24)12-10-19-17-23(15(12)25)21-18(29-17)22-6-8-28-9-7-22/h2-5,10H,6-9H2,1H3,(H,20,24). The van der Waals surface area contributed by atoms with E-state index in [4.69, 9.17) is 9.47 Å². The minimum atomic E-state index is -0.686. The van der Waals surface area contributed by atoms with Crippen LogP contribution >= 0.6 is 11.3 Å². The quantitative estimate of drug-likeness (QED) is 0.628. The van der Waals surface area contributed by atoms with Crippen molar-refractivity contribution in [2.45, 2.75) is 0 Å². The summed E-state index contributed by atoms with van der Waals surface area (Å²) in [5, 5.41) is 7.54. The first-order valence-corrected chi connectivity index (χ1v) is 9.60. The molecule has 1 aromatic carbocycles. The van der Waals surface area contributed by atoms with Crippen molar-refractivity contribution >= 4 is 39.0 Å². The Hall–Kier alpha value is -3.31. The van der Waals surface area contributed by atoms with Crippen molar-refractivity contribution in [3.8, 4) is 0 Å². The van der Waals surface area contributed by atoms with Gasteiger partial charge >= 0.3 is 5.97 Å². The van der Waals surface area contributed by atoms with E-state index in [1.54, 1.807) is 18.2 Å². The van der Waals surface area contributed by atoms with E-state index in [1.165, 1.54) is 30.7 Å². The smallest absolute Gasteiger partial charge is 0.339 e. The van der Waals surface area contributed by atoms with Gasteiger partial charge in [-0.1, -0.05) is 23.5 Å². The minimum Gasteiger partial charge on any atom is -0.465 e. The second-order valence-electron chi connectivity index (χ2n) is 6.15. The van der Waals surface area contributed by atoms with Gasteiger partial charge in [-0.2, -0.15) is 4.52 Å². The summed E-state index contributed by atoms with van der Waals surface area (Å²) in [6, 6.07) is 6.37. The molecule has 1 aliphatic heterocycles. The van der Waals surface area contributed by atoms with Gasteiger partial charge in [-0.15, -0.1) is 5.10 Å². The number of carbonyl (C=O) groups excluding carboxylic acids is 2. The number of carbonyl (C=O) groups is 2. The van der Waals surface area contributed by atoms with Crippen LogP contribution in [0.1, 0.15) is 20.7 Å². The molecule has 0 radical (unpaired) electrons. The Kier molecular flexibility index (Phi) is 5.23. The summed E-state index contributed by atoms with van der Waals surface area (Å²) < 4.78 is 11.2. The lowest BCUT2D eigenvalue weighted by atomic mass is 10.1. The van der Waals surface area contributed by atoms with E-state index in [0.717, 1.165) is 4.52 Å². The predicted molar refractivity (Wildman–Crippen MR) is 106 cm³/mol. The molecule has 10 nitrogen and oxygen atoms in total. The monoisotopic (exact) mass is 415 g/mol. The van der Waals surface area contributed by atoms with Crippen LogP contribution in [0.2, 0.25) is 0 Å². The maximum absolute atomic E-state index is 12.8. The molecule has 0 aliphatic carbocycles. The first-order valence-electron chi connectivity index (χ1n) is 8.79. The average molecular weight is 415 g/mol. The van der Waals surface area contributed by atoms with E-state index in [2.05, 4.69) is 15.4 Å². The van der Waals surface area contributed by atoms with Crippen molar-refractivity contribution in [3.63, 3.8) is 0 Å². The summed E-state index contributed by atoms with van der Waals surface area (Å²) >= 11 is 1.27. The Bertz CT molecular complexity index is 1140. The number of benzene rings is 1. The topological polar surface area (TPSA) is 115 Å². The molecule has 4 rings (SSSR count). The van der Waals surface area contributed by atoms with E-state index in [0.29, 0.717) is 36.4 Å². The molecule has 11 heteroatoms. The molecule has 1 amide bonds. The van der Waals surface area contributed by atoms with Crippen LogP contribution in [-0.2, 0) is 9.47 Å². The van der Waals surface area contributed by atoms with Gasteiger partial charge in [0, 0.05) is 19.3 Å². The second kappa shape index (κ2) is 7.97. The minimum absolute atomic E-state index is 0.180. The molecule has 1 fully saturated rings. The van der Waals surface area contributed by atoms with Crippen LogP contribution in [0.15, 0.2) is 35.3 Å². The number of hydrogen-bond acceptors (Lipinski definition) is 9. The molecule has 0 unspecified atom stereocenters. The van der Waals surface area contributed by atoms with Crippen molar-refractivity contribution in [3.05, 3.63) is 51.9 Å². The summed E-state index contributed by atoms with van der Waals surface area (Å²) in [6.07, 6.45) is 1.22. The number of rotatable bonds is 4. The fourth-order valence-electron chi connectivity index (χ4n) is 2.88. The Morgan fingerprint density at radius 1 is 1.21 bits per heavy atom. The van der Waals surface area contributed by atoms with Gasteiger partial charge in [0.25, 0.3) is 11.5 Å². The number of fused-ring (bicyclic) bond motifs is 1. The molecule has 1 aliphatic rings. The molecule has 0 atom stereocenters. The Labute approximate surface area is 168 Å². The first-order chi connectivity index (χ1) is 14.1. The van der Waals surface area contributed by atoms with Crippen LogP contribution in [0.5, 0.6) is 0 Å². The summed E-state index contributed by atoms with van der Waals surface area (Å²) in [7, 11) is 1.25. The fourth-order valence-corrected chi connectivity index (χ4v) is 3.80. The highest BCUT2D eigenvalue weighted by atomic mass is 32.1. The summed E-state index contributed by atoms with van der Waals surface area (Å²) in [5.41, 5.74) is -0.346. The molecular weight excluding hydrogens is 398 g/mol. The van der Waals surface area contributed by atoms with Gasteiger partial charge in [-0.25, -0.2) is 9.78 Å². The highest BCUT2D eigenvalue weighted by Crippen LogP contribution is 2.22. The van der Waals surface area contributed by atoms with E-state index in [-0.39, 0.29) is 16.8 Å². The molecular formula is C18H17N5O5S. The zero-order chi connectivity index (χ0) is 20.4. The first kappa shape index (κ1) is 19.0. The lowest BCUT2D eigenvalue weighted by Crippen LogP contribution is -2.36. The van der Waals surface area contributed by atoms with E-state index < -0.39 is 17.4 Å². The summed E-state index contributed by atoms with van der Waals surface area (Å²) in [6.45, 7) is 2.52. The highest BCUT2D eigenvalue weighted by molar-refractivity contribution is 7.20. The molecule has 3 heterocycles. The molecule has 150 valence electrons. The van der Waals surface area contributed by atoms with Crippen molar-refractivity contribution in [2.75, 3.05) is 43.6 Å². The lowest BCUT2D eigenvalue weighted by Gasteiger charge is -2.25. The average Bonchev–Trinajstić information content (AvgIpc) is 3.20. The second-order valence-corrected chi connectivity index (χ2v) is 7.08. The van der Waals surface area contributed by atoms with Crippen LogP contribution in [-0.4, -0.2) is 59.9 Å². The third kappa shape index (κ3) is 3.69. The largest absolute Gasteiger partial charge is 0.465 e.